The summed E-state index contributed by atoms with van der Waals surface area (Å²) in [6.07, 6.45) is 1.87. The molecule has 8 nitrogen and oxygen atoms in total. The van der Waals surface area contributed by atoms with Crippen molar-refractivity contribution in [3.05, 3.63) is 42.2 Å². The zero-order chi connectivity index (χ0) is 19.7. The molecule has 2 aromatic heterocycles. The fourth-order valence-corrected chi connectivity index (χ4v) is 5.09. The van der Waals surface area contributed by atoms with Crippen molar-refractivity contribution in [3.8, 4) is 0 Å². The molecule has 0 saturated carbocycles. The van der Waals surface area contributed by atoms with Gasteiger partial charge in [0, 0.05) is 13.1 Å². The van der Waals surface area contributed by atoms with E-state index in [-0.39, 0.29) is 22.6 Å². The summed E-state index contributed by atoms with van der Waals surface area (Å²) in [4.78, 5) is 13.7. The number of fused-ring (bicyclic) bond motifs is 1. The Morgan fingerprint density at radius 3 is 2.82 bits per heavy atom. The molecule has 148 valence electrons. The van der Waals surface area contributed by atoms with Gasteiger partial charge in [0.15, 0.2) is 15.7 Å². The Balaban J connectivity index is 1.69. The van der Waals surface area contributed by atoms with Crippen molar-refractivity contribution in [2.24, 2.45) is 0 Å². The summed E-state index contributed by atoms with van der Waals surface area (Å²) in [5.74, 6) is 0.713. The molecule has 0 spiro atoms. The third-order valence-corrected chi connectivity index (χ3v) is 6.68. The molecule has 0 bridgehead atoms. The minimum absolute atomic E-state index is 0.0396. The van der Waals surface area contributed by atoms with Gasteiger partial charge in [-0.15, -0.1) is 0 Å². The third kappa shape index (κ3) is 3.55. The Kier molecular flexibility index (Phi) is 4.94. The molecule has 1 fully saturated rings. The molecular weight excluding hydrogens is 378 g/mol. The van der Waals surface area contributed by atoms with E-state index in [1.165, 1.54) is 6.33 Å². The maximum Gasteiger partial charge on any atom is 0.184 e. The van der Waals surface area contributed by atoms with Crippen LogP contribution in [-0.4, -0.2) is 54.9 Å². The number of H-pyrrole nitrogens is 1. The van der Waals surface area contributed by atoms with E-state index in [4.69, 9.17) is 10.5 Å². The Labute approximate surface area is 163 Å². The predicted octanol–water partition coefficient (Wildman–Crippen LogP) is 1.78. The van der Waals surface area contributed by atoms with E-state index in [0.717, 1.165) is 5.56 Å². The SMILES string of the molecule is CC1CN(c2ncnc3c(S(=O)(=O)CCc4ccccc4)c(N)[nH]c23)CCO1. The third-order valence-electron chi connectivity index (χ3n) is 4.90. The molecule has 4 rings (SSSR count). The van der Waals surface area contributed by atoms with Crippen LogP contribution >= 0.6 is 0 Å². The minimum Gasteiger partial charge on any atom is -0.384 e. The van der Waals surface area contributed by atoms with Gasteiger partial charge in [0.25, 0.3) is 0 Å². The van der Waals surface area contributed by atoms with Gasteiger partial charge < -0.3 is 20.4 Å². The molecule has 1 atom stereocenters. The quantitative estimate of drug-likeness (QED) is 0.670. The van der Waals surface area contributed by atoms with Crippen LogP contribution in [0.3, 0.4) is 0 Å². The second-order valence-corrected chi connectivity index (χ2v) is 9.02. The lowest BCUT2D eigenvalue weighted by Crippen LogP contribution is -2.41. The van der Waals surface area contributed by atoms with Gasteiger partial charge in [0.2, 0.25) is 0 Å². The Morgan fingerprint density at radius 1 is 1.29 bits per heavy atom. The topological polar surface area (TPSA) is 114 Å². The summed E-state index contributed by atoms with van der Waals surface area (Å²) in [7, 11) is -3.62. The van der Waals surface area contributed by atoms with Crippen LogP contribution in [0.4, 0.5) is 11.6 Å². The van der Waals surface area contributed by atoms with Gasteiger partial charge in [-0.05, 0) is 18.9 Å². The van der Waals surface area contributed by atoms with Crippen LogP contribution in [0.15, 0.2) is 41.6 Å². The molecule has 3 aromatic rings. The molecule has 1 saturated heterocycles. The summed E-state index contributed by atoms with van der Waals surface area (Å²) in [5.41, 5.74) is 7.94. The Hall–Kier alpha value is -2.65. The zero-order valence-corrected chi connectivity index (χ0v) is 16.4. The highest BCUT2D eigenvalue weighted by atomic mass is 32.2. The zero-order valence-electron chi connectivity index (χ0n) is 15.6. The van der Waals surface area contributed by atoms with Crippen molar-refractivity contribution < 1.29 is 13.2 Å². The molecule has 0 radical (unpaired) electrons. The van der Waals surface area contributed by atoms with Gasteiger partial charge in [-0.1, -0.05) is 30.3 Å². The van der Waals surface area contributed by atoms with E-state index in [9.17, 15) is 8.42 Å². The number of aryl methyl sites for hydroxylation is 1. The van der Waals surface area contributed by atoms with E-state index < -0.39 is 9.84 Å². The number of nitrogens with one attached hydrogen (secondary N) is 1. The molecule has 3 N–H and O–H groups in total. The van der Waals surface area contributed by atoms with Crippen LogP contribution < -0.4 is 10.6 Å². The highest BCUT2D eigenvalue weighted by Crippen LogP contribution is 2.33. The standard InChI is InChI=1S/C19H23N5O3S/c1-13-11-24(8-9-27-13)19-16-15(21-12-22-19)17(18(20)23-16)28(25,26)10-7-14-5-3-2-4-6-14/h2-6,12-13,23H,7-11,20H2,1H3. The number of aromatic amines is 1. The molecule has 1 unspecified atom stereocenters. The van der Waals surface area contributed by atoms with Crippen LogP contribution in [0, 0.1) is 0 Å². The second-order valence-electron chi connectivity index (χ2n) is 6.97. The second kappa shape index (κ2) is 7.40. The van der Waals surface area contributed by atoms with E-state index in [1.54, 1.807) is 0 Å². The van der Waals surface area contributed by atoms with Gasteiger partial charge >= 0.3 is 0 Å². The van der Waals surface area contributed by atoms with E-state index in [0.29, 0.717) is 43.0 Å². The normalized spacial score (nSPS) is 17.9. The molecule has 1 aliphatic rings. The van der Waals surface area contributed by atoms with Gasteiger partial charge in [-0.25, -0.2) is 18.4 Å². The molecule has 9 heteroatoms. The van der Waals surface area contributed by atoms with Crippen LogP contribution in [0.2, 0.25) is 0 Å². The van der Waals surface area contributed by atoms with Crippen LogP contribution in [-0.2, 0) is 21.0 Å². The minimum atomic E-state index is -3.62. The van der Waals surface area contributed by atoms with E-state index >= 15 is 0 Å². The first-order valence-electron chi connectivity index (χ1n) is 9.21. The number of anilines is 2. The lowest BCUT2D eigenvalue weighted by Gasteiger charge is -2.32. The number of nitrogens with two attached hydrogens (primary N) is 1. The van der Waals surface area contributed by atoms with Gasteiger partial charge in [-0.3, -0.25) is 0 Å². The number of ether oxygens (including phenoxy) is 1. The van der Waals surface area contributed by atoms with Gasteiger partial charge in [-0.2, -0.15) is 0 Å². The first kappa shape index (κ1) is 18.7. The fourth-order valence-electron chi connectivity index (χ4n) is 3.55. The lowest BCUT2D eigenvalue weighted by atomic mass is 10.2. The monoisotopic (exact) mass is 401 g/mol. The number of hydrogen-bond donors (Lipinski definition) is 2. The van der Waals surface area contributed by atoms with Crippen molar-refractivity contribution in [3.63, 3.8) is 0 Å². The largest absolute Gasteiger partial charge is 0.384 e. The molecule has 28 heavy (non-hydrogen) atoms. The molecule has 1 aromatic carbocycles. The molecular formula is C19H23N5O3S. The van der Waals surface area contributed by atoms with Crippen molar-refractivity contribution in [2.75, 3.05) is 36.1 Å². The summed E-state index contributed by atoms with van der Waals surface area (Å²) in [5, 5.41) is 0. The lowest BCUT2D eigenvalue weighted by molar-refractivity contribution is 0.0530. The maximum atomic E-state index is 13.0. The Morgan fingerprint density at radius 2 is 2.07 bits per heavy atom. The van der Waals surface area contributed by atoms with Crippen LogP contribution in [0.25, 0.3) is 11.0 Å². The van der Waals surface area contributed by atoms with Crippen molar-refractivity contribution in [1.82, 2.24) is 15.0 Å². The van der Waals surface area contributed by atoms with Crippen molar-refractivity contribution in [1.29, 1.82) is 0 Å². The summed E-state index contributed by atoms with van der Waals surface area (Å²) < 4.78 is 31.7. The molecule has 0 aliphatic carbocycles. The van der Waals surface area contributed by atoms with Crippen molar-refractivity contribution in [2.45, 2.75) is 24.3 Å². The van der Waals surface area contributed by atoms with E-state index in [2.05, 4.69) is 19.9 Å². The first-order chi connectivity index (χ1) is 13.5. The summed E-state index contributed by atoms with van der Waals surface area (Å²) in [6.45, 7) is 3.92. The number of benzene rings is 1. The van der Waals surface area contributed by atoms with Crippen LogP contribution in [0.5, 0.6) is 0 Å². The summed E-state index contributed by atoms with van der Waals surface area (Å²) >= 11 is 0. The van der Waals surface area contributed by atoms with Crippen LogP contribution in [0.1, 0.15) is 12.5 Å². The van der Waals surface area contributed by atoms with E-state index in [1.807, 2.05) is 37.3 Å². The highest BCUT2D eigenvalue weighted by Gasteiger charge is 2.28. The fraction of sp³-hybridized carbons (Fsp3) is 0.368. The van der Waals surface area contributed by atoms with Gasteiger partial charge in [0.05, 0.1) is 18.5 Å². The summed E-state index contributed by atoms with van der Waals surface area (Å²) in [6, 6.07) is 9.51. The number of rotatable bonds is 5. The average molecular weight is 401 g/mol. The first-order valence-corrected chi connectivity index (χ1v) is 10.9. The number of nitrogens with zero attached hydrogens (tertiary/aromatic N) is 3. The predicted molar refractivity (Wildman–Crippen MR) is 108 cm³/mol. The molecule has 3 heterocycles. The van der Waals surface area contributed by atoms with Gasteiger partial charge in [0.1, 0.15) is 28.1 Å². The maximum absolute atomic E-state index is 13.0. The number of morpholine rings is 1. The van der Waals surface area contributed by atoms with Crippen molar-refractivity contribution >= 4 is 32.5 Å². The Bertz CT molecular complexity index is 1080. The smallest absolute Gasteiger partial charge is 0.184 e. The average Bonchev–Trinajstić information content (AvgIpc) is 3.04. The number of sulfone groups is 1. The number of hydrogen-bond acceptors (Lipinski definition) is 7. The number of nitrogen functional groups attached to an aromatic ring is 1. The molecule has 0 amide bonds. The molecule has 1 aliphatic heterocycles. The number of aromatic nitrogens is 3. The highest BCUT2D eigenvalue weighted by molar-refractivity contribution is 7.91.